The van der Waals surface area contributed by atoms with Gasteiger partial charge in [0.1, 0.15) is 17.3 Å². The van der Waals surface area contributed by atoms with E-state index in [1.165, 1.54) is 0 Å². The summed E-state index contributed by atoms with van der Waals surface area (Å²) in [6.07, 6.45) is 7.34. The summed E-state index contributed by atoms with van der Waals surface area (Å²) >= 11 is 0. The number of hydrogen-bond donors (Lipinski definition) is 1. The molecule has 0 fully saturated rings. The number of aromatic nitrogens is 4. The van der Waals surface area contributed by atoms with Gasteiger partial charge in [-0.05, 0) is 6.92 Å². The first kappa shape index (κ1) is 14.2. The normalized spacial score (nSPS) is 11.6. The summed E-state index contributed by atoms with van der Waals surface area (Å²) in [4.78, 5) is 4.58. The highest BCUT2D eigenvalue weighted by molar-refractivity contribution is 5.73. The van der Waals surface area contributed by atoms with Gasteiger partial charge in [0.15, 0.2) is 0 Å². The number of anilines is 1. The minimum absolute atomic E-state index is 0.0766. The highest BCUT2D eigenvalue weighted by atomic mass is 15.3. The summed E-state index contributed by atoms with van der Waals surface area (Å²) in [5.41, 5.74) is 8.85. The summed E-state index contributed by atoms with van der Waals surface area (Å²) in [6.45, 7) is 8.71. The average Bonchev–Trinajstić information content (AvgIpc) is 2.84. The van der Waals surface area contributed by atoms with E-state index in [9.17, 15) is 0 Å². The highest BCUT2D eigenvalue weighted by Gasteiger charge is 2.26. The molecule has 2 aromatic heterocycles. The maximum atomic E-state index is 6.21. The predicted octanol–water partition coefficient (Wildman–Crippen LogP) is 2.10. The van der Waals surface area contributed by atoms with E-state index < -0.39 is 0 Å². The molecule has 2 N–H and O–H groups in total. The van der Waals surface area contributed by atoms with Crippen molar-refractivity contribution in [3.63, 3.8) is 0 Å². The van der Waals surface area contributed by atoms with E-state index in [4.69, 9.17) is 12.2 Å². The van der Waals surface area contributed by atoms with Crippen LogP contribution in [-0.4, -0.2) is 19.3 Å². The first-order valence-electron chi connectivity index (χ1n) is 6.56. The zero-order valence-corrected chi connectivity index (χ0v) is 12.7. The van der Waals surface area contributed by atoms with Crippen molar-refractivity contribution < 1.29 is 0 Å². The lowest BCUT2D eigenvalue weighted by molar-refractivity contribution is 0.554. The molecule has 0 saturated heterocycles. The first-order valence-corrected chi connectivity index (χ1v) is 6.56. The van der Waals surface area contributed by atoms with Gasteiger partial charge < -0.3 is 10.3 Å². The minimum atomic E-state index is -0.0766. The first-order chi connectivity index (χ1) is 9.25. The summed E-state index contributed by atoms with van der Waals surface area (Å²) in [6, 6.07) is 0. The standard InChI is InChI=1S/C15H21N5/c1-7-8-20-10(2)17-12(14(20)16)11-9-19(6)18-13(11)15(3,4)5/h1,9H,8,16H2,2-6H3. The molecule has 5 heteroatoms. The predicted molar refractivity (Wildman–Crippen MR) is 81.1 cm³/mol. The monoisotopic (exact) mass is 271 g/mol. The van der Waals surface area contributed by atoms with Crippen LogP contribution >= 0.6 is 0 Å². The van der Waals surface area contributed by atoms with Crippen LogP contribution in [-0.2, 0) is 19.0 Å². The van der Waals surface area contributed by atoms with Crippen LogP contribution < -0.4 is 5.73 Å². The van der Waals surface area contributed by atoms with Crippen molar-refractivity contribution in [3.8, 4) is 23.6 Å². The van der Waals surface area contributed by atoms with Gasteiger partial charge in [-0.1, -0.05) is 26.7 Å². The molecule has 0 radical (unpaired) electrons. The number of nitrogen functional groups attached to an aromatic ring is 1. The third-order valence-electron chi connectivity index (χ3n) is 3.24. The zero-order chi connectivity index (χ0) is 15.1. The Morgan fingerprint density at radius 2 is 2.05 bits per heavy atom. The minimum Gasteiger partial charge on any atom is -0.383 e. The van der Waals surface area contributed by atoms with E-state index >= 15 is 0 Å². The Kier molecular flexibility index (Phi) is 3.34. The molecule has 0 aromatic carbocycles. The van der Waals surface area contributed by atoms with E-state index in [1.54, 1.807) is 4.68 Å². The Morgan fingerprint density at radius 1 is 1.40 bits per heavy atom. The number of terminal acetylenes is 1. The lowest BCUT2D eigenvalue weighted by Gasteiger charge is -2.17. The molecule has 0 aliphatic carbocycles. The van der Waals surface area contributed by atoms with Gasteiger partial charge in [-0.15, -0.1) is 6.42 Å². The third-order valence-corrected chi connectivity index (χ3v) is 3.24. The summed E-state index contributed by atoms with van der Waals surface area (Å²) in [7, 11) is 1.90. The summed E-state index contributed by atoms with van der Waals surface area (Å²) < 4.78 is 3.64. The number of imidazole rings is 1. The molecule has 0 atom stereocenters. The van der Waals surface area contributed by atoms with Gasteiger partial charge in [0, 0.05) is 24.2 Å². The molecular formula is C15H21N5. The molecule has 0 saturated carbocycles. The summed E-state index contributed by atoms with van der Waals surface area (Å²) in [5.74, 6) is 4.02. The van der Waals surface area contributed by atoms with Crippen molar-refractivity contribution in [2.75, 3.05) is 5.73 Å². The second kappa shape index (κ2) is 4.71. The Morgan fingerprint density at radius 3 is 2.60 bits per heavy atom. The van der Waals surface area contributed by atoms with Crippen LogP contribution in [0.3, 0.4) is 0 Å². The largest absolute Gasteiger partial charge is 0.383 e. The molecular weight excluding hydrogens is 250 g/mol. The smallest absolute Gasteiger partial charge is 0.132 e. The van der Waals surface area contributed by atoms with Gasteiger partial charge in [0.05, 0.1) is 12.2 Å². The van der Waals surface area contributed by atoms with Crippen molar-refractivity contribution in [1.29, 1.82) is 0 Å². The lowest BCUT2D eigenvalue weighted by atomic mass is 9.89. The molecule has 0 unspecified atom stereocenters. The quantitative estimate of drug-likeness (QED) is 0.851. The molecule has 106 valence electrons. The number of aryl methyl sites for hydroxylation is 2. The van der Waals surface area contributed by atoms with Crippen LogP contribution in [0.25, 0.3) is 11.3 Å². The SMILES string of the molecule is C#CCn1c(C)nc(-c2cn(C)nc2C(C)(C)C)c1N. The van der Waals surface area contributed by atoms with E-state index in [2.05, 4.69) is 36.8 Å². The van der Waals surface area contributed by atoms with E-state index in [0.29, 0.717) is 12.4 Å². The fraction of sp³-hybridized carbons (Fsp3) is 0.467. The van der Waals surface area contributed by atoms with Gasteiger partial charge in [0.25, 0.3) is 0 Å². The van der Waals surface area contributed by atoms with Crippen LogP contribution in [0.15, 0.2) is 6.20 Å². The van der Waals surface area contributed by atoms with Gasteiger partial charge in [-0.25, -0.2) is 4.98 Å². The number of nitrogens with two attached hydrogens (primary N) is 1. The van der Waals surface area contributed by atoms with Gasteiger partial charge >= 0.3 is 0 Å². The van der Waals surface area contributed by atoms with Crippen molar-refractivity contribution >= 4 is 5.82 Å². The molecule has 2 aromatic rings. The lowest BCUT2D eigenvalue weighted by Crippen LogP contribution is -2.14. The maximum absolute atomic E-state index is 6.21. The van der Waals surface area contributed by atoms with Crippen LogP contribution in [0, 0.1) is 19.3 Å². The second-order valence-electron chi connectivity index (χ2n) is 6.00. The molecule has 2 rings (SSSR count). The fourth-order valence-corrected chi connectivity index (χ4v) is 2.29. The van der Waals surface area contributed by atoms with E-state index in [-0.39, 0.29) is 5.41 Å². The van der Waals surface area contributed by atoms with Crippen LogP contribution in [0.2, 0.25) is 0 Å². The molecule has 0 aliphatic rings. The molecule has 5 nitrogen and oxygen atoms in total. The van der Waals surface area contributed by atoms with Crippen molar-refractivity contribution in [1.82, 2.24) is 19.3 Å². The maximum Gasteiger partial charge on any atom is 0.132 e. The van der Waals surface area contributed by atoms with Crippen LogP contribution in [0.1, 0.15) is 32.3 Å². The highest BCUT2D eigenvalue weighted by Crippen LogP contribution is 2.34. The molecule has 20 heavy (non-hydrogen) atoms. The van der Waals surface area contributed by atoms with Crippen molar-refractivity contribution in [3.05, 3.63) is 17.7 Å². The summed E-state index contributed by atoms with van der Waals surface area (Å²) in [5, 5.41) is 4.56. The van der Waals surface area contributed by atoms with E-state index in [1.807, 2.05) is 24.7 Å². The van der Waals surface area contributed by atoms with Gasteiger partial charge in [-0.3, -0.25) is 4.68 Å². The van der Waals surface area contributed by atoms with Gasteiger partial charge in [0.2, 0.25) is 0 Å². The topological polar surface area (TPSA) is 61.7 Å². The molecule has 0 aliphatic heterocycles. The Bertz CT molecular complexity index is 676. The second-order valence-corrected chi connectivity index (χ2v) is 6.00. The molecule has 0 amide bonds. The zero-order valence-electron chi connectivity index (χ0n) is 12.7. The van der Waals surface area contributed by atoms with E-state index in [0.717, 1.165) is 22.8 Å². The van der Waals surface area contributed by atoms with Gasteiger partial charge in [-0.2, -0.15) is 5.10 Å². The Labute approximate surface area is 119 Å². The van der Waals surface area contributed by atoms with Crippen molar-refractivity contribution in [2.24, 2.45) is 7.05 Å². The Balaban J connectivity index is 2.65. The Hall–Kier alpha value is -2.22. The molecule has 0 bridgehead atoms. The van der Waals surface area contributed by atoms with Crippen LogP contribution in [0.5, 0.6) is 0 Å². The number of hydrogen-bond acceptors (Lipinski definition) is 3. The fourth-order valence-electron chi connectivity index (χ4n) is 2.29. The van der Waals surface area contributed by atoms with Crippen molar-refractivity contribution in [2.45, 2.75) is 39.7 Å². The molecule has 2 heterocycles. The average molecular weight is 271 g/mol. The van der Waals surface area contributed by atoms with Crippen LogP contribution in [0.4, 0.5) is 5.82 Å². The number of rotatable bonds is 2. The number of nitrogens with zero attached hydrogens (tertiary/aromatic N) is 4. The molecule has 0 spiro atoms. The third kappa shape index (κ3) is 2.29.